The van der Waals surface area contributed by atoms with E-state index >= 15 is 0 Å². The number of esters is 1. The quantitative estimate of drug-likeness (QED) is 0.240. The number of carbonyl (C=O) groups is 1. The van der Waals surface area contributed by atoms with Gasteiger partial charge in [0.05, 0.1) is 6.92 Å². The first-order valence-electron chi connectivity index (χ1n) is 3.81. The maximum absolute atomic E-state index is 10.9. The van der Waals surface area contributed by atoms with Crippen molar-refractivity contribution >= 4 is 21.9 Å². The molecule has 0 spiro atoms. The lowest BCUT2D eigenvalue weighted by atomic mass is 10.2. The summed E-state index contributed by atoms with van der Waals surface area (Å²) < 4.78 is 4.42. The standard InChI is InChI=1S/C6H9BrN2O6/c1-4(7)5(10)15-3-6(2,8(11)12)9(13)14/h4H,3H2,1-2H3. The Hall–Kier alpha value is -1.25. The summed E-state index contributed by atoms with van der Waals surface area (Å²) >= 11 is 2.87. The van der Waals surface area contributed by atoms with E-state index in [0.717, 1.165) is 6.92 Å². The highest BCUT2D eigenvalue weighted by atomic mass is 79.9. The summed E-state index contributed by atoms with van der Waals surface area (Å²) in [5, 5.41) is 20.8. The van der Waals surface area contributed by atoms with E-state index in [1.165, 1.54) is 6.92 Å². The Balaban J connectivity index is 4.53. The van der Waals surface area contributed by atoms with Gasteiger partial charge in [-0.2, -0.15) is 0 Å². The molecule has 0 saturated carbocycles. The fourth-order valence-electron chi connectivity index (χ4n) is 0.495. The molecule has 0 aromatic heterocycles. The molecule has 1 atom stereocenters. The van der Waals surface area contributed by atoms with E-state index in [-0.39, 0.29) is 0 Å². The van der Waals surface area contributed by atoms with Gasteiger partial charge in [0.15, 0.2) is 0 Å². The van der Waals surface area contributed by atoms with Gasteiger partial charge < -0.3 is 4.74 Å². The van der Waals surface area contributed by atoms with Gasteiger partial charge in [-0.1, -0.05) is 15.9 Å². The summed E-state index contributed by atoms with van der Waals surface area (Å²) in [5.74, 6) is -0.787. The van der Waals surface area contributed by atoms with Crippen LogP contribution < -0.4 is 0 Å². The Kier molecular flexibility index (Phi) is 4.59. The Labute approximate surface area is 93.0 Å². The van der Waals surface area contributed by atoms with Crippen LogP contribution in [0.4, 0.5) is 0 Å². The van der Waals surface area contributed by atoms with Gasteiger partial charge >= 0.3 is 11.6 Å². The van der Waals surface area contributed by atoms with E-state index in [1.807, 2.05) is 0 Å². The van der Waals surface area contributed by atoms with Crippen molar-refractivity contribution in [3.63, 3.8) is 0 Å². The number of nitro groups is 2. The van der Waals surface area contributed by atoms with Crippen LogP contribution in [0.25, 0.3) is 0 Å². The zero-order valence-corrected chi connectivity index (χ0v) is 9.59. The van der Waals surface area contributed by atoms with Gasteiger partial charge in [-0.05, 0) is 6.92 Å². The van der Waals surface area contributed by atoms with Gasteiger partial charge in [-0.25, -0.2) is 0 Å². The second-order valence-corrected chi connectivity index (χ2v) is 4.33. The summed E-state index contributed by atoms with van der Waals surface area (Å²) in [4.78, 5) is 28.9. The first-order chi connectivity index (χ1) is 6.71. The smallest absolute Gasteiger partial charge is 0.449 e. The topological polar surface area (TPSA) is 113 Å². The van der Waals surface area contributed by atoms with Crippen LogP contribution in [0, 0.1) is 20.2 Å². The van der Waals surface area contributed by atoms with Crippen LogP contribution in [-0.2, 0) is 9.53 Å². The predicted molar refractivity (Wildman–Crippen MR) is 51.7 cm³/mol. The molecule has 0 amide bonds. The van der Waals surface area contributed by atoms with Gasteiger partial charge in [0, 0.05) is 0 Å². The third-order valence-electron chi connectivity index (χ3n) is 1.60. The van der Waals surface area contributed by atoms with E-state index in [1.54, 1.807) is 0 Å². The van der Waals surface area contributed by atoms with Crippen molar-refractivity contribution in [2.24, 2.45) is 0 Å². The number of nitrogens with zero attached hydrogens (tertiary/aromatic N) is 2. The second-order valence-electron chi connectivity index (χ2n) is 2.95. The SMILES string of the molecule is CC(Br)C(=O)OCC(C)([N+](=O)[O-])[N+](=O)[O-]. The van der Waals surface area contributed by atoms with E-state index < -0.39 is 32.9 Å². The number of halogens is 1. The zero-order chi connectivity index (χ0) is 12.2. The van der Waals surface area contributed by atoms with E-state index in [9.17, 15) is 25.0 Å². The Bertz CT molecular complexity index is 277. The highest BCUT2D eigenvalue weighted by Crippen LogP contribution is 2.12. The molecule has 8 nitrogen and oxygen atoms in total. The van der Waals surface area contributed by atoms with Crippen LogP contribution in [0.2, 0.25) is 0 Å². The molecule has 0 aliphatic carbocycles. The number of rotatable bonds is 5. The van der Waals surface area contributed by atoms with Gasteiger partial charge in [0.2, 0.25) is 6.61 Å². The Morgan fingerprint density at radius 2 is 1.87 bits per heavy atom. The zero-order valence-electron chi connectivity index (χ0n) is 8.01. The van der Waals surface area contributed by atoms with Crippen molar-refractivity contribution in [1.82, 2.24) is 0 Å². The van der Waals surface area contributed by atoms with E-state index in [0.29, 0.717) is 0 Å². The third-order valence-corrected chi connectivity index (χ3v) is 1.97. The van der Waals surface area contributed by atoms with Gasteiger partial charge in [0.25, 0.3) is 0 Å². The molecule has 86 valence electrons. The van der Waals surface area contributed by atoms with Crippen molar-refractivity contribution in [2.45, 2.75) is 24.3 Å². The van der Waals surface area contributed by atoms with Crippen LogP contribution in [0.15, 0.2) is 0 Å². The molecule has 9 heteroatoms. The van der Waals surface area contributed by atoms with Crippen molar-refractivity contribution in [1.29, 1.82) is 0 Å². The van der Waals surface area contributed by atoms with Crippen molar-refractivity contribution in [3.05, 3.63) is 20.2 Å². The number of alkyl halides is 1. The van der Waals surface area contributed by atoms with Crippen LogP contribution in [0.5, 0.6) is 0 Å². The minimum Gasteiger partial charge on any atom is -0.449 e. The molecule has 15 heavy (non-hydrogen) atoms. The molecule has 0 N–H and O–H groups in total. The number of carbonyl (C=O) groups excluding carboxylic acids is 1. The molecule has 0 aliphatic rings. The monoisotopic (exact) mass is 284 g/mol. The van der Waals surface area contributed by atoms with Crippen LogP contribution in [0.3, 0.4) is 0 Å². The molecular formula is C6H9BrN2O6. The summed E-state index contributed by atoms with van der Waals surface area (Å²) in [6.45, 7) is 1.32. The molecule has 0 aromatic rings. The normalized spacial score (nSPS) is 13.0. The van der Waals surface area contributed by atoms with Gasteiger partial charge in [-0.15, -0.1) is 0 Å². The lowest BCUT2D eigenvalue weighted by molar-refractivity contribution is -0.793. The molecule has 0 radical (unpaired) electrons. The largest absolute Gasteiger partial charge is 0.488 e. The first kappa shape index (κ1) is 13.8. The molecule has 0 heterocycles. The molecule has 0 rings (SSSR count). The van der Waals surface area contributed by atoms with E-state index in [2.05, 4.69) is 20.7 Å². The fraction of sp³-hybridized carbons (Fsp3) is 0.833. The molecule has 1 unspecified atom stereocenters. The Morgan fingerprint density at radius 3 is 2.13 bits per heavy atom. The average Bonchev–Trinajstić information content (AvgIpc) is 2.12. The number of hydrogen-bond donors (Lipinski definition) is 0. The second kappa shape index (κ2) is 5.01. The molecule has 0 bridgehead atoms. The van der Waals surface area contributed by atoms with Gasteiger partial charge in [-0.3, -0.25) is 25.0 Å². The lowest BCUT2D eigenvalue weighted by Crippen LogP contribution is -2.48. The van der Waals surface area contributed by atoms with Crippen molar-refractivity contribution in [3.8, 4) is 0 Å². The van der Waals surface area contributed by atoms with Crippen LogP contribution in [0.1, 0.15) is 13.8 Å². The van der Waals surface area contributed by atoms with Crippen molar-refractivity contribution in [2.75, 3.05) is 6.61 Å². The van der Waals surface area contributed by atoms with E-state index in [4.69, 9.17) is 0 Å². The maximum Gasteiger partial charge on any atom is 0.488 e. The van der Waals surface area contributed by atoms with Gasteiger partial charge in [0.1, 0.15) is 14.7 Å². The molecule has 0 saturated heterocycles. The average molecular weight is 285 g/mol. The highest BCUT2D eigenvalue weighted by Gasteiger charge is 2.52. The maximum atomic E-state index is 10.9. The molecule has 0 fully saturated rings. The molecule has 0 aromatic carbocycles. The minimum absolute atomic E-state index is 0.666. The summed E-state index contributed by atoms with van der Waals surface area (Å²) in [5.41, 5.74) is -2.50. The van der Waals surface area contributed by atoms with Crippen LogP contribution in [-0.4, -0.2) is 32.9 Å². The highest BCUT2D eigenvalue weighted by molar-refractivity contribution is 9.10. The fourth-order valence-corrected chi connectivity index (χ4v) is 0.627. The lowest BCUT2D eigenvalue weighted by Gasteiger charge is -2.13. The van der Waals surface area contributed by atoms with Crippen LogP contribution >= 0.6 is 15.9 Å². The first-order valence-corrected chi connectivity index (χ1v) is 4.73. The third kappa shape index (κ3) is 3.42. The summed E-state index contributed by atoms with van der Waals surface area (Å²) in [6.07, 6.45) is 0. The predicted octanol–water partition coefficient (Wildman–Crippen LogP) is 0.583. The summed E-state index contributed by atoms with van der Waals surface area (Å²) in [7, 11) is 0. The Morgan fingerprint density at radius 1 is 1.47 bits per heavy atom. The minimum atomic E-state index is -2.50. The number of ether oxygens (including phenoxy) is 1. The number of hydrogen-bond acceptors (Lipinski definition) is 6. The molecule has 0 aliphatic heterocycles. The molecular weight excluding hydrogens is 276 g/mol. The van der Waals surface area contributed by atoms with Crippen molar-refractivity contribution < 1.29 is 19.4 Å². The summed E-state index contributed by atoms with van der Waals surface area (Å²) in [6, 6.07) is 0.